The van der Waals surface area contributed by atoms with Gasteiger partial charge in [0.05, 0.1) is 21.7 Å². The third kappa shape index (κ3) is 4.14. The molecule has 1 heterocycles. The molecule has 1 spiro atoms. The van der Waals surface area contributed by atoms with Crippen LogP contribution in [0, 0.1) is 29.3 Å². The first-order valence-corrected chi connectivity index (χ1v) is 12.9. The number of rotatable bonds is 4. The van der Waals surface area contributed by atoms with Gasteiger partial charge in [-0.05, 0) is 55.7 Å². The number of carbonyl (C=O) groups excluding carboxylic acids is 2. The predicted molar refractivity (Wildman–Crippen MR) is 119 cm³/mol. The highest BCUT2D eigenvalue weighted by molar-refractivity contribution is 7.92. The number of nitrogens with one attached hydrogen (secondary N) is 2. The highest BCUT2D eigenvalue weighted by atomic mass is 35.5. The second kappa shape index (κ2) is 8.41. The maximum Gasteiger partial charge on any atom is 0.407 e. The monoisotopic (exact) mass is 528 g/mol. The average molecular weight is 529 g/mol. The summed E-state index contributed by atoms with van der Waals surface area (Å²) in [7, 11) is -3.98. The van der Waals surface area contributed by atoms with Crippen LogP contribution in [0.3, 0.4) is 0 Å². The minimum Gasteiger partial charge on any atom is -0.441 e. The van der Waals surface area contributed by atoms with Crippen LogP contribution >= 0.6 is 11.6 Å². The lowest BCUT2D eigenvalue weighted by atomic mass is 9.77. The van der Waals surface area contributed by atoms with Crippen LogP contribution in [0.5, 0.6) is 0 Å². The topological polar surface area (TPSA) is 102 Å². The normalized spacial score (nSPS) is 27.5. The number of ether oxygens (including phenoxy) is 1. The molecule has 2 amide bonds. The summed E-state index contributed by atoms with van der Waals surface area (Å²) in [4.78, 5) is 24.1. The van der Waals surface area contributed by atoms with Gasteiger partial charge in [-0.2, -0.15) is 0 Å². The Morgan fingerprint density at radius 1 is 1.09 bits per heavy atom. The standard InChI is InChI=1S/C23H20ClF3N2O5S/c24-15-4-3-11(21(30)29-14-6-16(25)19(27)17(26)7-14)5-18(15)35(32,33)20-12-1-2-13(20)9-23(8-12)10-28-22(31)34-23/h3-7,12-13,20H,1-2,8-10H2,(H,28,31)(H,29,30). The van der Waals surface area contributed by atoms with Crippen molar-refractivity contribution in [3.63, 3.8) is 0 Å². The number of fused-ring (bicyclic) bond motifs is 2. The largest absolute Gasteiger partial charge is 0.441 e. The molecule has 2 unspecified atom stereocenters. The third-order valence-corrected chi connectivity index (χ3v) is 9.95. The molecule has 7 nitrogen and oxygen atoms in total. The summed E-state index contributed by atoms with van der Waals surface area (Å²) in [6, 6.07) is 4.91. The van der Waals surface area contributed by atoms with Crippen molar-refractivity contribution in [2.24, 2.45) is 11.8 Å². The Hall–Kier alpha value is -2.79. The maximum absolute atomic E-state index is 13.7. The van der Waals surface area contributed by atoms with Crippen molar-refractivity contribution < 1.29 is 35.9 Å². The summed E-state index contributed by atoms with van der Waals surface area (Å²) in [6.45, 7) is 0.340. The van der Waals surface area contributed by atoms with Crippen molar-refractivity contribution in [1.82, 2.24) is 5.32 Å². The molecule has 2 aromatic carbocycles. The van der Waals surface area contributed by atoms with E-state index in [2.05, 4.69) is 10.6 Å². The first-order valence-electron chi connectivity index (χ1n) is 11.0. The zero-order valence-electron chi connectivity index (χ0n) is 18.1. The summed E-state index contributed by atoms with van der Waals surface area (Å²) in [5.41, 5.74) is -1.15. The molecule has 12 heteroatoms. The number of amides is 2. The van der Waals surface area contributed by atoms with E-state index in [1.807, 2.05) is 0 Å². The molecule has 0 aromatic heterocycles. The van der Waals surface area contributed by atoms with E-state index in [1.165, 1.54) is 12.1 Å². The van der Waals surface area contributed by atoms with Crippen LogP contribution in [0.2, 0.25) is 5.02 Å². The van der Waals surface area contributed by atoms with Crippen LogP contribution in [-0.4, -0.2) is 37.8 Å². The number of carbonyl (C=O) groups is 2. The van der Waals surface area contributed by atoms with Gasteiger partial charge in [-0.1, -0.05) is 11.6 Å². The van der Waals surface area contributed by atoms with E-state index in [4.69, 9.17) is 16.3 Å². The molecular weight excluding hydrogens is 509 g/mol. The lowest BCUT2D eigenvalue weighted by Crippen LogP contribution is -2.48. The van der Waals surface area contributed by atoms with Gasteiger partial charge in [0.2, 0.25) is 0 Å². The Morgan fingerprint density at radius 2 is 1.71 bits per heavy atom. The zero-order chi connectivity index (χ0) is 25.1. The van der Waals surface area contributed by atoms with Crippen LogP contribution < -0.4 is 10.6 Å². The lowest BCUT2D eigenvalue weighted by molar-refractivity contribution is 0.00456. The highest BCUT2D eigenvalue weighted by Gasteiger charge is 2.57. The smallest absolute Gasteiger partial charge is 0.407 e. The lowest BCUT2D eigenvalue weighted by Gasteiger charge is -2.40. The van der Waals surface area contributed by atoms with E-state index in [0.717, 1.165) is 6.07 Å². The molecule has 2 N–H and O–H groups in total. The number of anilines is 1. The number of halogens is 4. The second-order valence-electron chi connectivity index (χ2n) is 9.29. The van der Waals surface area contributed by atoms with Gasteiger partial charge in [-0.15, -0.1) is 0 Å². The third-order valence-electron chi connectivity index (χ3n) is 7.07. The second-order valence-corrected chi connectivity index (χ2v) is 11.8. The van der Waals surface area contributed by atoms with Gasteiger partial charge < -0.3 is 15.4 Å². The minimum atomic E-state index is -3.98. The molecule has 3 fully saturated rings. The number of benzene rings is 2. The molecule has 3 aliphatic rings. The van der Waals surface area contributed by atoms with Gasteiger partial charge in [-0.3, -0.25) is 4.79 Å². The molecule has 2 bridgehead atoms. The molecule has 0 radical (unpaired) electrons. The van der Waals surface area contributed by atoms with Gasteiger partial charge in [0.15, 0.2) is 27.3 Å². The van der Waals surface area contributed by atoms with Crippen molar-refractivity contribution in [2.75, 3.05) is 11.9 Å². The van der Waals surface area contributed by atoms with E-state index in [0.29, 0.717) is 44.4 Å². The molecule has 2 aliphatic carbocycles. The summed E-state index contributed by atoms with van der Waals surface area (Å²) >= 11 is 6.25. The van der Waals surface area contributed by atoms with Gasteiger partial charge in [0.1, 0.15) is 5.60 Å². The quantitative estimate of drug-likeness (QED) is 0.571. The summed E-state index contributed by atoms with van der Waals surface area (Å²) in [6.07, 6.45) is 1.63. The minimum absolute atomic E-state index is 0.0610. The molecule has 2 atom stereocenters. The Kier molecular flexibility index (Phi) is 5.75. The zero-order valence-corrected chi connectivity index (χ0v) is 19.7. The van der Waals surface area contributed by atoms with Crippen molar-refractivity contribution in [2.45, 2.75) is 41.4 Å². The molecule has 5 rings (SSSR count). The van der Waals surface area contributed by atoms with E-state index in [9.17, 15) is 31.2 Å². The summed E-state index contributed by atoms with van der Waals surface area (Å²) in [5, 5.41) is 4.07. The van der Waals surface area contributed by atoms with Crippen LogP contribution in [0.4, 0.5) is 23.7 Å². The van der Waals surface area contributed by atoms with Gasteiger partial charge in [-0.25, -0.2) is 26.4 Å². The van der Waals surface area contributed by atoms with E-state index >= 15 is 0 Å². The van der Waals surface area contributed by atoms with E-state index in [-0.39, 0.29) is 33.0 Å². The molecule has 2 aromatic rings. The SMILES string of the molecule is O=C1NCC2(CC3CCC(C2)C3S(=O)(=O)c2cc(C(=O)Nc3cc(F)c(F)c(F)c3)ccc2Cl)O1. The number of alkyl carbamates (subject to hydrolysis) is 1. The molecule has 2 saturated carbocycles. The number of hydrogen-bond donors (Lipinski definition) is 2. The summed E-state index contributed by atoms with van der Waals surface area (Å²) in [5.74, 6) is -5.97. The fraction of sp³-hybridized carbons (Fsp3) is 0.391. The van der Waals surface area contributed by atoms with Gasteiger partial charge in [0, 0.05) is 23.4 Å². The molecular formula is C23H20ClF3N2O5S. The Bertz CT molecular complexity index is 1320. The van der Waals surface area contributed by atoms with Crippen LogP contribution in [0.15, 0.2) is 35.2 Å². The van der Waals surface area contributed by atoms with Crippen molar-refractivity contribution in [1.29, 1.82) is 0 Å². The van der Waals surface area contributed by atoms with Gasteiger partial charge in [0.25, 0.3) is 5.91 Å². The van der Waals surface area contributed by atoms with Crippen molar-refractivity contribution in [3.05, 3.63) is 58.4 Å². The van der Waals surface area contributed by atoms with Crippen LogP contribution in [-0.2, 0) is 14.6 Å². The highest BCUT2D eigenvalue weighted by Crippen LogP contribution is 2.53. The Morgan fingerprint density at radius 3 is 2.29 bits per heavy atom. The maximum atomic E-state index is 13.7. The average Bonchev–Trinajstić information content (AvgIpc) is 3.29. The van der Waals surface area contributed by atoms with Gasteiger partial charge >= 0.3 is 6.09 Å². The summed E-state index contributed by atoms with van der Waals surface area (Å²) < 4.78 is 73.1. The molecule has 1 aliphatic heterocycles. The Labute approximate surface area is 203 Å². The molecule has 35 heavy (non-hydrogen) atoms. The van der Waals surface area contributed by atoms with E-state index < -0.39 is 50.1 Å². The van der Waals surface area contributed by atoms with Crippen molar-refractivity contribution in [3.8, 4) is 0 Å². The molecule has 186 valence electrons. The Balaban J connectivity index is 1.41. The predicted octanol–water partition coefficient (Wildman–Crippen LogP) is 4.45. The first kappa shape index (κ1) is 23.9. The van der Waals surface area contributed by atoms with Crippen LogP contribution in [0.1, 0.15) is 36.0 Å². The first-order chi connectivity index (χ1) is 16.5. The van der Waals surface area contributed by atoms with Crippen molar-refractivity contribution >= 4 is 39.1 Å². The molecule has 1 saturated heterocycles. The number of hydrogen-bond acceptors (Lipinski definition) is 5. The van der Waals surface area contributed by atoms with E-state index in [1.54, 1.807) is 0 Å². The fourth-order valence-electron chi connectivity index (χ4n) is 5.69. The fourth-order valence-corrected chi connectivity index (χ4v) is 8.54. The van der Waals surface area contributed by atoms with Crippen LogP contribution in [0.25, 0.3) is 0 Å². The number of sulfone groups is 1.